The molecule has 4 heteroatoms. The molecule has 2 nitrogen and oxygen atoms in total. The summed E-state index contributed by atoms with van der Waals surface area (Å²) in [6.07, 6.45) is 1.76. The number of hydrogen-bond acceptors (Lipinski definition) is 2. The van der Waals surface area contributed by atoms with Crippen molar-refractivity contribution in [1.82, 2.24) is 0 Å². The topological polar surface area (TPSA) is 26.3 Å². The maximum atomic E-state index is 14.2. The molecule has 0 amide bonds. The van der Waals surface area contributed by atoms with Crippen LogP contribution in [-0.2, 0) is 15.6 Å². The summed E-state index contributed by atoms with van der Waals surface area (Å²) in [6.45, 7) is 2.41. The minimum Gasteiger partial charge on any atom is -0.462 e. The van der Waals surface area contributed by atoms with Crippen LogP contribution in [0.4, 0.5) is 4.39 Å². The second kappa shape index (κ2) is 9.38. The van der Waals surface area contributed by atoms with Gasteiger partial charge in [-0.15, -0.1) is 0 Å². The number of halogens is 1. The highest BCUT2D eigenvalue weighted by Crippen LogP contribution is 2.34. The van der Waals surface area contributed by atoms with E-state index in [2.05, 4.69) is 0 Å². The summed E-state index contributed by atoms with van der Waals surface area (Å²) in [5.41, 5.74) is 0.420. The van der Waals surface area contributed by atoms with E-state index in [-0.39, 0.29) is 5.82 Å². The Kier molecular flexibility index (Phi) is 6.66. The molecule has 27 heavy (non-hydrogen) atoms. The number of rotatable bonds is 7. The molecule has 0 bridgehead atoms. The average Bonchev–Trinajstić information content (AvgIpc) is 2.70. The lowest BCUT2D eigenvalue weighted by Gasteiger charge is -2.12. The second-order valence-electron chi connectivity index (χ2n) is 6.06. The monoisotopic (exact) mass is 381 g/mol. The van der Waals surface area contributed by atoms with Crippen LogP contribution in [0, 0.1) is 5.82 Å². The first-order valence-electron chi connectivity index (χ1n) is 9.01. The van der Waals surface area contributed by atoms with Crippen LogP contribution >= 0.6 is 0 Å². The molecule has 0 aromatic heterocycles. The van der Waals surface area contributed by atoms with E-state index in [4.69, 9.17) is 4.74 Å². The van der Waals surface area contributed by atoms with E-state index in [0.29, 0.717) is 17.1 Å². The predicted octanol–water partition coefficient (Wildman–Crippen LogP) is 5.88. The van der Waals surface area contributed by atoms with E-state index < -0.39 is 16.9 Å². The van der Waals surface area contributed by atoms with Crippen LogP contribution in [-0.4, -0.2) is 12.6 Å². The molecule has 0 heterocycles. The van der Waals surface area contributed by atoms with Gasteiger partial charge in [0.05, 0.1) is 6.61 Å². The Labute approximate surface area is 162 Å². The normalized spacial score (nSPS) is 10.8. The Morgan fingerprint density at radius 2 is 1.52 bits per heavy atom. The minimum absolute atomic E-state index is 0.362. The Bertz CT molecular complexity index is 842. The summed E-state index contributed by atoms with van der Waals surface area (Å²) in [6, 6.07) is 24.0. The molecule has 0 N–H and O–H groups in total. The van der Waals surface area contributed by atoms with Crippen molar-refractivity contribution < 1.29 is 13.9 Å². The zero-order chi connectivity index (χ0) is 19.1. The van der Waals surface area contributed by atoms with Crippen LogP contribution in [0.2, 0.25) is 0 Å². The molecule has 0 radical (unpaired) electrons. The Balaban J connectivity index is 2.09. The standard InChI is InChI=1S/C23H22FO2S/c1-2-3-16-26-23(25)21-15-14-18(24)17-22(21)27(19-10-6-4-7-11-19)20-12-8-5-9-13-20/h4-15,17H,2-3,16H2,1H3/q+1. The number of hydrogen-bond donors (Lipinski definition) is 0. The van der Waals surface area contributed by atoms with Crippen molar-refractivity contribution in [1.29, 1.82) is 0 Å². The van der Waals surface area contributed by atoms with Crippen molar-refractivity contribution >= 4 is 16.9 Å². The number of carbonyl (C=O) groups excluding carboxylic acids is 1. The summed E-state index contributed by atoms with van der Waals surface area (Å²) in [5.74, 6) is -0.762. The van der Waals surface area contributed by atoms with Crippen molar-refractivity contribution in [2.45, 2.75) is 34.5 Å². The lowest BCUT2D eigenvalue weighted by molar-refractivity contribution is 0.0495. The van der Waals surface area contributed by atoms with Gasteiger partial charge in [0.1, 0.15) is 22.3 Å². The highest BCUT2D eigenvalue weighted by atomic mass is 32.2. The van der Waals surface area contributed by atoms with Gasteiger partial charge in [0.2, 0.25) is 0 Å². The number of ether oxygens (including phenoxy) is 1. The summed E-state index contributed by atoms with van der Waals surface area (Å²) < 4.78 is 19.6. The number of carbonyl (C=O) groups is 1. The van der Waals surface area contributed by atoms with Crippen molar-refractivity contribution in [3.05, 3.63) is 90.2 Å². The van der Waals surface area contributed by atoms with Gasteiger partial charge in [0.25, 0.3) is 0 Å². The fourth-order valence-corrected chi connectivity index (χ4v) is 4.96. The van der Waals surface area contributed by atoms with Gasteiger partial charge >= 0.3 is 5.97 Å². The molecule has 0 saturated carbocycles. The molecule has 0 aliphatic carbocycles. The Morgan fingerprint density at radius 1 is 0.926 bits per heavy atom. The van der Waals surface area contributed by atoms with Gasteiger partial charge in [-0.25, -0.2) is 9.18 Å². The molecule has 138 valence electrons. The second-order valence-corrected chi connectivity index (χ2v) is 8.06. The summed E-state index contributed by atoms with van der Waals surface area (Å²) in [5, 5.41) is 0. The van der Waals surface area contributed by atoms with E-state index in [9.17, 15) is 9.18 Å². The molecular formula is C23H22FO2S+. The predicted molar refractivity (Wildman–Crippen MR) is 107 cm³/mol. The highest BCUT2D eigenvalue weighted by molar-refractivity contribution is 7.97. The van der Waals surface area contributed by atoms with Crippen molar-refractivity contribution in [2.24, 2.45) is 0 Å². The third-order valence-corrected chi connectivity index (χ3v) is 6.34. The van der Waals surface area contributed by atoms with Crippen LogP contribution in [0.1, 0.15) is 30.1 Å². The van der Waals surface area contributed by atoms with Crippen LogP contribution in [0.3, 0.4) is 0 Å². The Hall–Kier alpha value is -2.59. The molecule has 3 aromatic carbocycles. The van der Waals surface area contributed by atoms with Gasteiger partial charge in [-0.2, -0.15) is 0 Å². The molecule has 3 rings (SSSR count). The smallest absolute Gasteiger partial charge is 0.343 e. The molecule has 0 saturated heterocycles. The molecule has 3 aromatic rings. The number of benzene rings is 3. The first kappa shape index (κ1) is 19.2. The SMILES string of the molecule is CCCCOC(=O)c1ccc(F)cc1[S+](c1ccccc1)c1ccccc1. The van der Waals surface area contributed by atoms with Crippen molar-refractivity contribution in [2.75, 3.05) is 6.61 Å². The lowest BCUT2D eigenvalue weighted by Crippen LogP contribution is -2.14. The lowest BCUT2D eigenvalue weighted by atomic mass is 10.2. The van der Waals surface area contributed by atoms with E-state index in [1.165, 1.54) is 18.2 Å². The van der Waals surface area contributed by atoms with Crippen LogP contribution in [0.15, 0.2) is 93.5 Å². The third-order valence-electron chi connectivity index (χ3n) is 4.07. The quantitative estimate of drug-likeness (QED) is 0.290. The maximum Gasteiger partial charge on any atom is 0.343 e. The fourth-order valence-electron chi connectivity index (χ4n) is 2.72. The van der Waals surface area contributed by atoms with Gasteiger partial charge in [-0.3, -0.25) is 0 Å². The van der Waals surface area contributed by atoms with E-state index >= 15 is 0 Å². The van der Waals surface area contributed by atoms with Gasteiger partial charge in [-0.05, 0) is 42.8 Å². The van der Waals surface area contributed by atoms with Crippen LogP contribution in [0.5, 0.6) is 0 Å². The summed E-state index contributed by atoms with van der Waals surface area (Å²) in [7, 11) is -0.605. The van der Waals surface area contributed by atoms with Crippen LogP contribution in [0.25, 0.3) is 0 Å². The van der Waals surface area contributed by atoms with Crippen molar-refractivity contribution in [3.63, 3.8) is 0 Å². The van der Waals surface area contributed by atoms with E-state index in [0.717, 1.165) is 22.6 Å². The fraction of sp³-hybridized carbons (Fsp3) is 0.174. The molecular weight excluding hydrogens is 359 g/mol. The number of unbranched alkanes of at least 4 members (excludes halogenated alkanes) is 1. The minimum atomic E-state index is -0.605. The molecule has 0 aliphatic heterocycles. The first-order valence-corrected chi connectivity index (χ1v) is 10.2. The van der Waals surface area contributed by atoms with E-state index in [1.807, 2.05) is 67.6 Å². The van der Waals surface area contributed by atoms with Gasteiger partial charge in [0, 0.05) is 6.07 Å². The molecule has 0 spiro atoms. The van der Waals surface area contributed by atoms with Crippen LogP contribution < -0.4 is 0 Å². The zero-order valence-electron chi connectivity index (χ0n) is 15.2. The average molecular weight is 381 g/mol. The number of esters is 1. The highest BCUT2D eigenvalue weighted by Gasteiger charge is 2.34. The summed E-state index contributed by atoms with van der Waals surface area (Å²) in [4.78, 5) is 15.4. The molecule has 0 atom stereocenters. The zero-order valence-corrected chi connectivity index (χ0v) is 16.0. The summed E-state index contributed by atoms with van der Waals surface area (Å²) >= 11 is 0. The Morgan fingerprint density at radius 3 is 2.07 bits per heavy atom. The molecule has 0 aliphatic rings. The third kappa shape index (κ3) is 4.77. The van der Waals surface area contributed by atoms with Gasteiger partial charge in [0.15, 0.2) is 14.7 Å². The van der Waals surface area contributed by atoms with Crippen molar-refractivity contribution in [3.8, 4) is 0 Å². The van der Waals surface area contributed by atoms with E-state index in [1.54, 1.807) is 0 Å². The van der Waals surface area contributed by atoms with Gasteiger partial charge in [-0.1, -0.05) is 49.7 Å². The first-order chi connectivity index (χ1) is 13.2. The molecule has 0 fully saturated rings. The largest absolute Gasteiger partial charge is 0.462 e. The van der Waals surface area contributed by atoms with Gasteiger partial charge < -0.3 is 4.74 Å². The molecule has 0 unspecified atom stereocenters. The maximum absolute atomic E-state index is 14.2.